The van der Waals surface area contributed by atoms with Crippen LogP contribution < -0.4 is 0 Å². The molecular weight excluding hydrogens is 391 g/mol. The van der Waals surface area contributed by atoms with E-state index in [0.29, 0.717) is 0 Å². The van der Waals surface area contributed by atoms with Crippen LogP contribution >= 0.6 is 0 Å². The number of hydrogen-bond donors (Lipinski definition) is 1. The molecule has 142 valence electrons. The van der Waals surface area contributed by atoms with Gasteiger partial charge in [-0.1, -0.05) is 0 Å². The third-order valence-corrected chi connectivity index (χ3v) is 2.13. The molecule has 0 aliphatic rings. The van der Waals surface area contributed by atoms with Crippen LogP contribution in [0.15, 0.2) is 11.9 Å². The van der Waals surface area contributed by atoms with Crippen LogP contribution in [0.3, 0.4) is 0 Å². The summed E-state index contributed by atoms with van der Waals surface area (Å²) in [5.74, 6) is -38.0. The van der Waals surface area contributed by atoms with E-state index >= 15 is 0 Å². The topological polar surface area (TPSA) is 46.5 Å². The highest BCUT2D eigenvalue weighted by Gasteiger charge is 2.84. The van der Waals surface area contributed by atoms with Crippen molar-refractivity contribution in [1.82, 2.24) is 0 Å². The summed E-state index contributed by atoms with van der Waals surface area (Å²) in [6.07, 6.45) is -10.6. The van der Waals surface area contributed by atoms with Gasteiger partial charge in [0.05, 0.1) is 0 Å². The van der Waals surface area contributed by atoms with Crippen molar-refractivity contribution < 1.29 is 71.7 Å². The number of carbonyl (C=O) groups excluding carboxylic acids is 1. The Bertz CT molecular complexity index is 528. The number of aliphatic hydroxyl groups is 1. The van der Waals surface area contributed by atoms with Crippen LogP contribution in [0.5, 0.6) is 0 Å². The second kappa shape index (κ2) is 5.96. The predicted octanol–water partition coefficient (Wildman–Crippen LogP) is 3.69. The lowest BCUT2D eigenvalue weighted by molar-refractivity contribution is -0.379. The van der Waals surface area contributed by atoms with Gasteiger partial charge in [-0.25, -0.2) is 4.79 Å². The van der Waals surface area contributed by atoms with E-state index in [9.17, 15) is 61.9 Å². The zero-order chi connectivity index (χ0) is 19.9. The Morgan fingerprint density at radius 3 is 1.42 bits per heavy atom. The minimum absolute atomic E-state index is 1.74. The molecule has 3 nitrogen and oxygen atoms in total. The van der Waals surface area contributed by atoms with Gasteiger partial charge in [0.2, 0.25) is 5.83 Å². The van der Waals surface area contributed by atoms with E-state index in [1.54, 1.807) is 4.74 Å². The Balaban J connectivity index is 6.11. The van der Waals surface area contributed by atoms with Crippen molar-refractivity contribution in [2.75, 3.05) is 0 Å². The highest BCUT2D eigenvalue weighted by molar-refractivity contribution is 5.79. The van der Waals surface area contributed by atoms with E-state index < -0.39 is 47.9 Å². The Labute approximate surface area is 121 Å². The van der Waals surface area contributed by atoms with E-state index in [1.807, 2.05) is 0 Å². The molecule has 0 saturated carbocycles. The van der Waals surface area contributed by atoms with E-state index in [1.165, 1.54) is 0 Å². The lowest BCUT2D eigenvalue weighted by atomic mass is 9.97. The first-order valence-electron chi connectivity index (χ1n) is 4.79. The quantitative estimate of drug-likeness (QED) is 0.574. The average molecular weight is 392 g/mol. The summed E-state index contributed by atoms with van der Waals surface area (Å²) in [4.78, 5) is 10.2. The summed E-state index contributed by atoms with van der Waals surface area (Å²) in [7, 11) is 0. The lowest BCUT2D eigenvalue weighted by Crippen LogP contribution is -2.66. The lowest BCUT2D eigenvalue weighted by Gasteiger charge is -2.35. The van der Waals surface area contributed by atoms with Gasteiger partial charge in [-0.05, 0) is 0 Å². The van der Waals surface area contributed by atoms with Gasteiger partial charge in [0.25, 0.3) is 0 Å². The molecule has 0 fully saturated rings. The van der Waals surface area contributed by atoms with E-state index in [-0.39, 0.29) is 0 Å². The third-order valence-electron chi connectivity index (χ3n) is 2.13. The molecule has 0 aliphatic heterocycles. The van der Waals surface area contributed by atoms with Crippen LogP contribution in [-0.2, 0) is 9.53 Å². The second-order valence-electron chi connectivity index (χ2n) is 3.75. The summed E-state index contributed by atoms with van der Waals surface area (Å²) < 4.78 is 162. The summed E-state index contributed by atoms with van der Waals surface area (Å²) in [6, 6.07) is 0. The summed E-state index contributed by atoms with van der Waals surface area (Å²) in [5, 5.41) is 8.08. The van der Waals surface area contributed by atoms with Crippen LogP contribution in [0.2, 0.25) is 0 Å². The number of esters is 1. The molecule has 1 N–H and O–H groups in total. The second-order valence-corrected chi connectivity index (χ2v) is 3.75. The van der Waals surface area contributed by atoms with Gasteiger partial charge in [-0.3, -0.25) is 0 Å². The number of alkyl halides is 10. The molecule has 0 aromatic carbocycles. The maximum absolute atomic E-state index is 12.9. The summed E-state index contributed by atoms with van der Waals surface area (Å²) in [5.41, 5.74) is 0. The number of ether oxygens (including phenoxy) is 1. The fraction of sp³-hybridized carbons (Fsp3) is 0.625. The Morgan fingerprint density at radius 1 is 0.750 bits per heavy atom. The fourth-order valence-corrected chi connectivity index (χ4v) is 0.966. The zero-order valence-corrected chi connectivity index (χ0v) is 10.2. The van der Waals surface area contributed by atoms with Gasteiger partial charge in [-0.2, -0.15) is 43.9 Å². The normalized spacial score (nSPS) is 16.4. The van der Waals surface area contributed by atoms with Gasteiger partial charge in [0.15, 0.2) is 0 Å². The van der Waals surface area contributed by atoms with Crippen molar-refractivity contribution >= 4 is 5.97 Å². The summed E-state index contributed by atoms with van der Waals surface area (Å²) >= 11 is 0. The molecule has 0 aromatic heterocycles. The standard InChI is InChI=1S/C8HF13O3/c9-1(2(10)11)5(14,23)7(17,18)6(15,16)4(12,13)3(22)24-8(19,20)21/h23H. The van der Waals surface area contributed by atoms with Crippen LogP contribution in [0.25, 0.3) is 0 Å². The van der Waals surface area contributed by atoms with E-state index in [2.05, 4.69) is 0 Å². The first kappa shape index (κ1) is 22.3. The summed E-state index contributed by atoms with van der Waals surface area (Å²) in [6.45, 7) is 0. The minimum atomic E-state index is -7.64. The van der Waals surface area contributed by atoms with Gasteiger partial charge >= 0.3 is 42.0 Å². The monoisotopic (exact) mass is 392 g/mol. The maximum Gasteiger partial charge on any atom is 0.575 e. The molecule has 24 heavy (non-hydrogen) atoms. The molecule has 16 heteroatoms. The maximum atomic E-state index is 12.9. The van der Waals surface area contributed by atoms with Crippen molar-refractivity contribution in [2.45, 2.75) is 30.0 Å². The van der Waals surface area contributed by atoms with E-state index in [4.69, 9.17) is 5.11 Å². The van der Waals surface area contributed by atoms with Gasteiger partial charge in [0.1, 0.15) is 0 Å². The zero-order valence-electron chi connectivity index (χ0n) is 10.2. The van der Waals surface area contributed by atoms with Crippen molar-refractivity contribution in [2.24, 2.45) is 0 Å². The van der Waals surface area contributed by atoms with Gasteiger partial charge < -0.3 is 9.84 Å². The smallest absolute Gasteiger partial charge is 0.368 e. The van der Waals surface area contributed by atoms with Crippen molar-refractivity contribution in [1.29, 1.82) is 0 Å². The highest BCUT2D eigenvalue weighted by atomic mass is 19.4. The molecule has 0 aliphatic carbocycles. The largest absolute Gasteiger partial charge is 0.575 e. The number of halogens is 13. The van der Waals surface area contributed by atoms with Crippen LogP contribution in [-0.4, -0.2) is 41.1 Å². The fourth-order valence-electron chi connectivity index (χ4n) is 0.966. The first-order valence-corrected chi connectivity index (χ1v) is 4.79. The molecule has 0 aromatic rings. The van der Waals surface area contributed by atoms with Crippen molar-refractivity contribution in [3.05, 3.63) is 11.9 Å². The van der Waals surface area contributed by atoms with E-state index in [0.717, 1.165) is 0 Å². The molecule has 1 atom stereocenters. The first-order chi connectivity index (χ1) is 10.2. The minimum Gasteiger partial charge on any atom is -0.368 e. The molecule has 0 rings (SSSR count). The molecule has 0 spiro atoms. The Hall–Kier alpha value is -1.74. The van der Waals surface area contributed by atoms with Crippen molar-refractivity contribution in [3.63, 3.8) is 0 Å². The average Bonchev–Trinajstić information content (AvgIpc) is 2.34. The molecule has 0 amide bonds. The Kier molecular flexibility index (Phi) is 5.53. The number of hydrogen-bond acceptors (Lipinski definition) is 3. The molecular formula is C8HF13O3. The third kappa shape index (κ3) is 3.51. The predicted molar refractivity (Wildman–Crippen MR) is 43.4 cm³/mol. The van der Waals surface area contributed by atoms with Crippen LogP contribution in [0.1, 0.15) is 0 Å². The number of rotatable bonds is 5. The molecule has 1 unspecified atom stereocenters. The van der Waals surface area contributed by atoms with Gasteiger partial charge in [0, 0.05) is 0 Å². The van der Waals surface area contributed by atoms with Crippen LogP contribution in [0, 0.1) is 0 Å². The number of carbonyl (C=O) groups is 1. The molecule has 0 radical (unpaired) electrons. The molecule has 0 bridgehead atoms. The Morgan fingerprint density at radius 2 is 1.12 bits per heavy atom. The van der Waals surface area contributed by atoms with Crippen molar-refractivity contribution in [3.8, 4) is 0 Å². The van der Waals surface area contributed by atoms with Crippen LogP contribution in [0.4, 0.5) is 57.1 Å². The highest BCUT2D eigenvalue weighted by Crippen LogP contribution is 2.54. The SMILES string of the molecule is O=C(OC(F)(F)F)C(F)(F)C(F)(F)C(F)(F)C(O)(F)C(F)=C(F)F. The van der Waals surface area contributed by atoms with Gasteiger partial charge in [-0.15, -0.1) is 13.2 Å². The molecule has 0 heterocycles. The molecule has 0 saturated heterocycles.